The number of hydrogen-bond acceptors (Lipinski definition) is 3. The van der Waals surface area contributed by atoms with Crippen LogP contribution in [0.4, 0.5) is 5.69 Å². The molecule has 0 atom stereocenters. The van der Waals surface area contributed by atoms with Gasteiger partial charge in [0.25, 0.3) is 0 Å². The molecule has 1 aromatic rings. The van der Waals surface area contributed by atoms with E-state index in [1.54, 1.807) is 0 Å². The molecule has 4 heteroatoms. The summed E-state index contributed by atoms with van der Waals surface area (Å²) in [5, 5.41) is 3.08. The zero-order valence-electron chi connectivity index (χ0n) is 9.04. The van der Waals surface area contributed by atoms with Gasteiger partial charge in [0.1, 0.15) is 0 Å². The van der Waals surface area contributed by atoms with Gasteiger partial charge in [0.15, 0.2) is 0 Å². The first-order chi connectivity index (χ1) is 7.27. The molecular formula is C11H18ClN3. The van der Waals surface area contributed by atoms with E-state index in [0.717, 1.165) is 13.1 Å². The molecule has 0 amide bonds. The quantitative estimate of drug-likeness (QED) is 0.570. The van der Waals surface area contributed by atoms with E-state index in [1.165, 1.54) is 11.3 Å². The van der Waals surface area contributed by atoms with Crippen molar-refractivity contribution in [2.24, 2.45) is 5.73 Å². The van der Waals surface area contributed by atoms with Crippen molar-refractivity contribution in [1.29, 1.82) is 0 Å². The molecule has 0 spiro atoms. The van der Waals surface area contributed by atoms with Gasteiger partial charge in [-0.05, 0) is 17.7 Å². The van der Waals surface area contributed by atoms with Crippen LogP contribution in [0.15, 0.2) is 24.3 Å². The Morgan fingerprint density at radius 2 is 2.00 bits per heavy atom. The van der Waals surface area contributed by atoms with Crippen molar-refractivity contribution in [2.75, 3.05) is 31.0 Å². The number of nitrogens with two attached hydrogens (primary N) is 1. The first-order valence-electron chi connectivity index (χ1n) is 5.04. The molecule has 0 unspecified atom stereocenters. The maximum Gasteiger partial charge on any atom is 0.0431 e. The second-order valence-electron chi connectivity index (χ2n) is 3.41. The fraction of sp³-hybridized carbons (Fsp3) is 0.455. The minimum Gasteiger partial charge on any atom is -0.373 e. The van der Waals surface area contributed by atoms with Crippen LogP contribution in [0.5, 0.6) is 0 Å². The standard InChI is InChI=1S/C11H18ClN3/c1-15(7-6-12)11-4-2-10(3-5-11)8-14-9-13/h2-5,14H,6-9,13H2,1H3. The second kappa shape index (κ2) is 6.67. The molecule has 3 nitrogen and oxygen atoms in total. The van der Waals surface area contributed by atoms with Crippen molar-refractivity contribution in [3.05, 3.63) is 29.8 Å². The van der Waals surface area contributed by atoms with Gasteiger partial charge in [0.05, 0.1) is 0 Å². The lowest BCUT2D eigenvalue weighted by atomic mass is 10.2. The lowest BCUT2D eigenvalue weighted by molar-refractivity contribution is 0.709. The Morgan fingerprint density at radius 3 is 2.53 bits per heavy atom. The zero-order valence-corrected chi connectivity index (χ0v) is 9.80. The van der Waals surface area contributed by atoms with E-state index in [4.69, 9.17) is 17.3 Å². The molecule has 1 aromatic carbocycles. The SMILES string of the molecule is CN(CCCl)c1ccc(CNCN)cc1. The Labute approximate surface area is 96.2 Å². The summed E-state index contributed by atoms with van der Waals surface area (Å²) in [6, 6.07) is 8.39. The number of rotatable bonds is 6. The summed E-state index contributed by atoms with van der Waals surface area (Å²) < 4.78 is 0. The van der Waals surface area contributed by atoms with Gasteiger partial charge in [-0.25, -0.2) is 0 Å². The van der Waals surface area contributed by atoms with E-state index in [2.05, 4.69) is 34.5 Å². The average Bonchev–Trinajstić information content (AvgIpc) is 2.27. The van der Waals surface area contributed by atoms with Crippen LogP contribution in [-0.4, -0.2) is 26.1 Å². The lowest BCUT2D eigenvalue weighted by Crippen LogP contribution is -2.22. The molecule has 0 aromatic heterocycles. The summed E-state index contributed by atoms with van der Waals surface area (Å²) in [4.78, 5) is 2.13. The highest BCUT2D eigenvalue weighted by Gasteiger charge is 1.99. The molecule has 15 heavy (non-hydrogen) atoms. The van der Waals surface area contributed by atoms with E-state index >= 15 is 0 Å². The van der Waals surface area contributed by atoms with E-state index in [0.29, 0.717) is 12.5 Å². The third kappa shape index (κ3) is 4.08. The number of anilines is 1. The van der Waals surface area contributed by atoms with Crippen LogP contribution < -0.4 is 16.0 Å². The predicted molar refractivity (Wildman–Crippen MR) is 66.3 cm³/mol. The van der Waals surface area contributed by atoms with Crippen LogP contribution >= 0.6 is 11.6 Å². The number of hydrogen-bond donors (Lipinski definition) is 2. The molecule has 0 fully saturated rings. The molecule has 0 bridgehead atoms. The molecule has 0 saturated carbocycles. The molecule has 0 aliphatic heterocycles. The van der Waals surface area contributed by atoms with Gasteiger partial charge in [-0.15, -0.1) is 11.6 Å². The van der Waals surface area contributed by atoms with E-state index in [1.807, 2.05) is 7.05 Å². The highest BCUT2D eigenvalue weighted by molar-refractivity contribution is 6.18. The molecule has 0 aliphatic carbocycles. The zero-order chi connectivity index (χ0) is 11.1. The number of nitrogens with one attached hydrogen (secondary N) is 1. The maximum atomic E-state index is 5.68. The second-order valence-corrected chi connectivity index (χ2v) is 3.79. The Morgan fingerprint density at radius 1 is 1.33 bits per heavy atom. The molecule has 0 saturated heterocycles. The number of nitrogens with zero attached hydrogens (tertiary/aromatic N) is 1. The third-order valence-corrected chi connectivity index (χ3v) is 2.44. The lowest BCUT2D eigenvalue weighted by Gasteiger charge is -2.18. The third-order valence-electron chi connectivity index (χ3n) is 2.27. The Bertz CT molecular complexity index is 274. The molecule has 84 valence electrons. The summed E-state index contributed by atoms with van der Waals surface area (Å²) >= 11 is 5.68. The first-order valence-corrected chi connectivity index (χ1v) is 5.58. The van der Waals surface area contributed by atoms with E-state index in [-0.39, 0.29) is 0 Å². The van der Waals surface area contributed by atoms with Crippen molar-refractivity contribution in [3.8, 4) is 0 Å². The highest BCUT2D eigenvalue weighted by atomic mass is 35.5. The first kappa shape index (κ1) is 12.3. The Kier molecular flexibility index (Phi) is 5.47. The van der Waals surface area contributed by atoms with E-state index < -0.39 is 0 Å². The molecule has 0 heterocycles. The highest BCUT2D eigenvalue weighted by Crippen LogP contribution is 2.13. The Hall–Kier alpha value is -0.770. The van der Waals surface area contributed by atoms with Crippen LogP contribution in [0.3, 0.4) is 0 Å². The van der Waals surface area contributed by atoms with Gasteiger partial charge in [-0.1, -0.05) is 12.1 Å². The monoisotopic (exact) mass is 227 g/mol. The molecule has 0 aliphatic rings. The molecule has 0 radical (unpaired) electrons. The van der Waals surface area contributed by atoms with Crippen LogP contribution in [0, 0.1) is 0 Å². The van der Waals surface area contributed by atoms with Crippen molar-refractivity contribution in [2.45, 2.75) is 6.54 Å². The van der Waals surface area contributed by atoms with Crippen LogP contribution in [-0.2, 0) is 6.54 Å². The largest absolute Gasteiger partial charge is 0.373 e. The molecular weight excluding hydrogens is 210 g/mol. The average molecular weight is 228 g/mol. The summed E-state index contributed by atoms with van der Waals surface area (Å²) in [6.45, 7) is 2.19. The number of benzene rings is 1. The smallest absolute Gasteiger partial charge is 0.0431 e. The topological polar surface area (TPSA) is 41.3 Å². The van der Waals surface area contributed by atoms with Crippen LogP contribution in [0.25, 0.3) is 0 Å². The molecule has 1 rings (SSSR count). The fourth-order valence-electron chi connectivity index (χ4n) is 1.34. The van der Waals surface area contributed by atoms with Gasteiger partial charge < -0.3 is 16.0 Å². The van der Waals surface area contributed by atoms with Crippen LogP contribution in [0.2, 0.25) is 0 Å². The van der Waals surface area contributed by atoms with Gasteiger partial charge in [0.2, 0.25) is 0 Å². The summed E-state index contributed by atoms with van der Waals surface area (Å²) in [7, 11) is 2.04. The number of halogens is 1. The summed E-state index contributed by atoms with van der Waals surface area (Å²) in [6.07, 6.45) is 0. The summed E-state index contributed by atoms with van der Waals surface area (Å²) in [5.41, 5.74) is 7.79. The van der Waals surface area contributed by atoms with Gasteiger partial charge in [-0.2, -0.15) is 0 Å². The van der Waals surface area contributed by atoms with Gasteiger partial charge >= 0.3 is 0 Å². The van der Waals surface area contributed by atoms with Crippen molar-refractivity contribution < 1.29 is 0 Å². The minimum absolute atomic E-state index is 0.508. The summed E-state index contributed by atoms with van der Waals surface area (Å²) in [5.74, 6) is 0.646. The van der Waals surface area contributed by atoms with E-state index in [9.17, 15) is 0 Å². The molecule has 3 N–H and O–H groups in total. The van der Waals surface area contributed by atoms with Crippen molar-refractivity contribution >= 4 is 17.3 Å². The van der Waals surface area contributed by atoms with Crippen molar-refractivity contribution in [1.82, 2.24) is 5.32 Å². The normalized spacial score (nSPS) is 10.3. The maximum absolute atomic E-state index is 5.68. The Balaban J connectivity index is 2.55. The minimum atomic E-state index is 0.508. The predicted octanol–water partition coefficient (Wildman–Crippen LogP) is 1.37. The van der Waals surface area contributed by atoms with Gasteiger partial charge in [-0.3, -0.25) is 0 Å². The van der Waals surface area contributed by atoms with Crippen molar-refractivity contribution in [3.63, 3.8) is 0 Å². The fourth-order valence-corrected chi connectivity index (χ4v) is 1.59. The number of alkyl halides is 1. The van der Waals surface area contributed by atoms with Gasteiger partial charge in [0, 0.05) is 38.4 Å². The van der Waals surface area contributed by atoms with Crippen LogP contribution in [0.1, 0.15) is 5.56 Å².